The molecule has 1 saturated heterocycles. The van der Waals surface area contributed by atoms with Crippen molar-refractivity contribution in [1.29, 1.82) is 5.26 Å². The first-order chi connectivity index (χ1) is 13.3. The van der Waals surface area contributed by atoms with Crippen molar-refractivity contribution in [3.63, 3.8) is 0 Å². The van der Waals surface area contributed by atoms with E-state index in [4.69, 9.17) is 10.00 Å². The molecule has 3 rings (SSSR count). The summed E-state index contributed by atoms with van der Waals surface area (Å²) in [7, 11) is 0. The lowest BCUT2D eigenvalue weighted by atomic mass is 9.81. The minimum atomic E-state index is -1.14. The Morgan fingerprint density at radius 1 is 1.25 bits per heavy atom. The second-order valence-electron chi connectivity index (χ2n) is 7.06. The van der Waals surface area contributed by atoms with Gasteiger partial charge in [-0.25, -0.2) is 4.79 Å². The summed E-state index contributed by atoms with van der Waals surface area (Å²) >= 11 is 1.18. The highest BCUT2D eigenvalue weighted by Crippen LogP contribution is 2.39. The van der Waals surface area contributed by atoms with Gasteiger partial charge in [-0.05, 0) is 38.1 Å². The van der Waals surface area contributed by atoms with E-state index in [0.717, 1.165) is 17.7 Å². The number of imide groups is 1. The van der Waals surface area contributed by atoms with Crippen molar-refractivity contribution in [2.45, 2.75) is 51.7 Å². The minimum Gasteiger partial charge on any atom is -0.451 e. The van der Waals surface area contributed by atoms with Crippen LogP contribution in [0.4, 0.5) is 5.00 Å². The van der Waals surface area contributed by atoms with Gasteiger partial charge in [0, 0.05) is 0 Å². The number of nitrogens with one attached hydrogen (secondary N) is 1. The number of esters is 1. The normalized spacial score (nSPS) is 23.5. The molecule has 2 fully saturated rings. The van der Waals surface area contributed by atoms with Crippen molar-refractivity contribution in [1.82, 2.24) is 4.90 Å². The van der Waals surface area contributed by atoms with Gasteiger partial charge in [-0.15, -0.1) is 11.3 Å². The summed E-state index contributed by atoms with van der Waals surface area (Å²) in [6.45, 7) is 2.83. The van der Waals surface area contributed by atoms with Crippen LogP contribution in [-0.4, -0.2) is 40.7 Å². The van der Waals surface area contributed by atoms with Crippen LogP contribution in [0.25, 0.3) is 0 Å². The lowest BCUT2D eigenvalue weighted by Gasteiger charge is -2.23. The summed E-state index contributed by atoms with van der Waals surface area (Å²) < 4.78 is 5.18. The van der Waals surface area contributed by atoms with Gasteiger partial charge in [0.15, 0.2) is 6.10 Å². The van der Waals surface area contributed by atoms with Crippen LogP contribution in [0.2, 0.25) is 0 Å². The molecule has 8 nitrogen and oxygen atoms in total. The van der Waals surface area contributed by atoms with Crippen LogP contribution in [0.1, 0.15) is 45.1 Å². The molecule has 1 saturated carbocycles. The summed E-state index contributed by atoms with van der Waals surface area (Å²) in [6, 6.07) is 2.44. The molecule has 1 aromatic heterocycles. The molecule has 2 aliphatic rings. The van der Waals surface area contributed by atoms with Crippen LogP contribution in [-0.2, 0) is 23.9 Å². The number of thiophene rings is 1. The van der Waals surface area contributed by atoms with Gasteiger partial charge in [0.2, 0.25) is 11.8 Å². The fourth-order valence-corrected chi connectivity index (χ4v) is 4.45. The third-order valence-corrected chi connectivity index (χ3v) is 6.12. The van der Waals surface area contributed by atoms with E-state index >= 15 is 0 Å². The third-order valence-electron chi connectivity index (χ3n) is 5.29. The van der Waals surface area contributed by atoms with Crippen molar-refractivity contribution in [2.24, 2.45) is 11.8 Å². The first kappa shape index (κ1) is 20.0. The first-order valence-electron chi connectivity index (χ1n) is 9.21. The highest BCUT2D eigenvalue weighted by Gasteiger charge is 2.51. The van der Waals surface area contributed by atoms with Gasteiger partial charge in [-0.1, -0.05) is 12.8 Å². The summed E-state index contributed by atoms with van der Waals surface area (Å²) in [5.41, 5.74) is 0.320. The molecule has 2 heterocycles. The SMILES string of the molecule is C[C@@H](OC(=O)[C@H](C)N1C(=O)[C@H]2CCCC[C@H]2C1=O)C(=O)Nc1sccc1C#N. The van der Waals surface area contributed by atoms with E-state index in [1.165, 1.54) is 25.2 Å². The molecule has 4 atom stereocenters. The quantitative estimate of drug-likeness (QED) is 0.594. The van der Waals surface area contributed by atoms with Crippen LogP contribution >= 0.6 is 11.3 Å². The van der Waals surface area contributed by atoms with Gasteiger partial charge >= 0.3 is 5.97 Å². The second-order valence-corrected chi connectivity index (χ2v) is 7.98. The zero-order valence-corrected chi connectivity index (χ0v) is 16.5. The molecule has 1 aliphatic heterocycles. The number of likely N-dealkylation sites (tertiary alicyclic amines) is 1. The molecular weight excluding hydrogens is 382 g/mol. The van der Waals surface area contributed by atoms with E-state index in [-0.39, 0.29) is 23.7 Å². The average molecular weight is 403 g/mol. The summed E-state index contributed by atoms with van der Waals surface area (Å²) in [5.74, 6) is -2.75. The van der Waals surface area contributed by atoms with Gasteiger partial charge in [0.1, 0.15) is 17.1 Å². The summed E-state index contributed by atoms with van der Waals surface area (Å²) in [6.07, 6.45) is 1.98. The predicted molar refractivity (Wildman–Crippen MR) is 100.0 cm³/mol. The van der Waals surface area contributed by atoms with Crippen molar-refractivity contribution >= 4 is 40.0 Å². The number of carbonyl (C=O) groups is 4. The fourth-order valence-electron chi connectivity index (χ4n) is 3.71. The molecule has 0 aromatic carbocycles. The second kappa shape index (κ2) is 8.10. The number of hydrogen-bond acceptors (Lipinski definition) is 7. The Balaban J connectivity index is 1.62. The average Bonchev–Trinajstić information content (AvgIpc) is 3.23. The Bertz CT molecular complexity index is 834. The van der Waals surface area contributed by atoms with E-state index in [2.05, 4.69) is 5.32 Å². The zero-order chi connectivity index (χ0) is 20.4. The summed E-state index contributed by atoms with van der Waals surface area (Å²) in [4.78, 5) is 50.9. The Morgan fingerprint density at radius 2 is 1.86 bits per heavy atom. The largest absolute Gasteiger partial charge is 0.451 e. The van der Waals surface area contributed by atoms with Crippen LogP contribution in [0.5, 0.6) is 0 Å². The predicted octanol–water partition coefficient (Wildman–Crippen LogP) is 2.05. The molecular formula is C19H21N3O5S. The molecule has 0 unspecified atom stereocenters. The van der Waals surface area contributed by atoms with Crippen molar-refractivity contribution in [3.8, 4) is 6.07 Å². The number of carbonyl (C=O) groups excluding carboxylic acids is 4. The molecule has 0 spiro atoms. The number of rotatable bonds is 5. The van der Waals surface area contributed by atoms with Crippen LogP contribution < -0.4 is 5.32 Å². The van der Waals surface area contributed by atoms with Crippen molar-refractivity contribution in [2.75, 3.05) is 5.32 Å². The molecule has 1 N–H and O–H groups in total. The standard InChI is InChI=1S/C19H21N3O5S/c1-10(22-17(24)13-5-3-4-6-14(13)18(22)25)19(26)27-11(2)15(23)21-16-12(9-20)7-8-28-16/h7-8,10-11,13-14H,3-6H2,1-2H3,(H,21,23)/t10-,11+,13-,14+/m0/s1. The van der Waals surface area contributed by atoms with Crippen LogP contribution in [0, 0.1) is 23.2 Å². The Labute approximate surface area is 166 Å². The number of nitrogens with zero attached hydrogens (tertiary/aromatic N) is 2. The number of nitriles is 1. The lowest BCUT2D eigenvalue weighted by molar-refractivity contribution is -0.163. The Kier molecular flexibility index (Phi) is 5.79. The van der Waals surface area contributed by atoms with Crippen LogP contribution in [0.15, 0.2) is 11.4 Å². The molecule has 9 heteroatoms. The van der Waals surface area contributed by atoms with Gasteiger partial charge < -0.3 is 10.1 Å². The highest BCUT2D eigenvalue weighted by molar-refractivity contribution is 7.14. The zero-order valence-electron chi connectivity index (χ0n) is 15.6. The van der Waals surface area contributed by atoms with E-state index in [1.54, 1.807) is 11.4 Å². The number of fused-ring (bicyclic) bond motifs is 1. The number of amides is 3. The van der Waals surface area contributed by atoms with Crippen molar-refractivity contribution in [3.05, 3.63) is 17.0 Å². The molecule has 1 aliphatic carbocycles. The van der Waals surface area contributed by atoms with E-state index in [0.29, 0.717) is 23.4 Å². The number of hydrogen-bond donors (Lipinski definition) is 1. The fraction of sp³-hybridized carbons (Fsp3) is 0.526. The monoisotopic (exact) mass is 403 g/mol. The van der Waals surface area contributed by atoms with E-state index < -0.39 is 24.0 Å². The topological polar surface area (TPSA) is 117 Å². The Hall–Kier alpha value is -2.73. The Morgan fingerprint density at radius 3 is 2.43 bits per heavy atom. The van der Waals surface area contributed by atoms with Crippen LogP contribution in [0.3, 0.4) is 0 Å². The molecule has 28 heavy (non-hydrogen) atoms. The smallest absolute Gasteiger partial charge is 0.329 e. The number of ether oxygens (including phenoxy) is 1. The highest BCUT2D eigenvalue weighted by atomic mass is 32.1. The molecule has 1 aromatic rings. The molecule has 3 amide bonds. The van der Waals surface area contributed by atoms with Gasteiger partial charge in [0.25, 0.3) is 5.91 Å². The maximum atomic E-state index is 12.6. The number of anilines is 1. The molecule has 0 radical (unpaired) electrons. The molecule has 148 valence electrons. The lowest BCUT2D eigenvalue weighted by Crippen LogP contribution is -2.46. The molecule has 0 bridgehead atoms. The summed E-state index contributed by atoms with van der Waals surface area (Å²) in [5, 5.41) is 13.6. The van der Waals surface area contributed by atoms with Gasteiger partial charge in [-0.2, -0.15) is 5.26 Å². The van der Waals surface area contributed by atoms with E-state index in [9.17, 15) is 19.2 Å². The van der Waals surface area contributed by atoms with Gasteiger partial charge in [-0.3, -0.25) is 19.3 Å². The maximum Gasteiger partial charge on any atom is 0.329 e. The first-order valence-corrected chi connectivity index (χ1v) is 10.1. The van der Waals surface area contributed by atoms with Gasteiger partial charge in [0.05, 0.1) is 17.4 Å². The van der Waals surface area contributed by atoms with Crippen molar-refractivity contribution < 1.29 is 23.9 Å². The third kappa shape index (κ3) is 3.64. The minimum absolute atomic E-state index is 0.320. The van der Waals surface area contributed by atoms with E-state index in [1.807, 2.05) is 6.07 Å². The maximum absolute atomic E-state index is 12.6.